The van der Waals surface area contributed by atoms with Gasteiger partial charge in [-0.05, 0) is 43.5 Å². The van der Waals surface area contributed by atoms with Crippen LogP contribution in [0.1, 0.15) is 59.2 Å². The molecule has 1 aromatic heterocycles. The number of ether oxygens (including phenoxy) is 1. The zero-order valence-electron chi connectivity index (χ0n) is 15.3. The standard InChI is InChI=1S/C20H20F3N3O2/c1-12-11-28-17(14-3-2-4-15(9-14)20(21,22)23)10-26(12)19(27)16-7-8-24-18(25-16)13-5-6-13/h2-4,7-9,12-13,17H,5-6,10-11H2,1H3. The van der Waals surface area contributed by atoms with Gasteiger partial charge in [0.1, 0.15) is 17.6 Å². The highest BCUT2D eigenvalue weighted by Crippen LogP contribution is 2.38. The SMILES string of the molecule is CC1COC(c2cccc(C(F)(F)F)c2)CN1C(=O)c1ccnc(C2CC2)n1. The van der Waals surface area contributed by atoms with Crippen LogP contribution in [0.2, 0.25) is 0 Å². The van der Waals surface area contributed by atoms with E-state index in [1.54, 1.807) is 23.2 Å². The van der Waals surface area contributed by atoms with Crippen molar-refractivity contribution in [2.75, 3.05) is 13.2 Å². The summed E-state index contributed by atoms with van der Waals surface area (Å²) in [6.45, 7) is 2.26. The third-order valence-electron chi connectivity index (χ3n) is 5.12. The molecule has 2 fully saturated rings. The van der Waals surface area contributed by atoms with Gasteiger partial charge in [0.25, 0.3) is 5.91 Å². The molecule has 0 N–H and O–H groups in total. The molecule has 148 valence electrons. The minimum absolute atomic E-state index is 0.171. The normalized spacial score (nSPS) is 22.9. The topological polar surface area (TPSA) is 55.3 Å². The average molecular weight is 391 g/mol. The van der Waals surface area contributed by atoms with Gasteiger partial charge >= 0.3 is 6.18 Å². The molecule has 2 aromatic rings. The summed E-state index contributed by atoms with van der Waals surface area (Å²) in [5.74, 6) is 0.756. The predicted molar refractivity (Wildman–Crippen MR) is 94.6 cm³/mol. The fraction of sp³-hybridized carbons (Fsp3) is 0.450. The van der Waals surface area contributed by atoms with Crippen LogP contribution in [0.15, 0.2) is 36.5 Å². The first-order valence-electron chi connectivity index (χ1n) is 9.25. The van der Waals surface area contributed by atoms with Crippen LogP contribution in [0, 0.1) is 0 Å². The quantitative estimate of drug-likeness (QED) is 0.794. The summed E-state index contributed by atoms with van der Waals surface area (Å²) in [5.41, 5.74) is -0.00991. The molecule has 1 aromatic carbocycles. The second-order valence-electron chi connectivity index (χ2n) is 7.33. The summed E-state index contributed by atoms with van der Waals surface area (Å²) in [6.07, 6.45) is -1.39. The van der Waals surface area contributed by atoms with Crippen LogP contribution in [0.25, 0.3) is 0 Å². The van der Waals surface area contributed by atoms with Crippen LogP contribution >= 0.6 is 0 Å². The number of halogens is 3. The summed E-state index contributed by atoms with van der Waals surface area (Å²) in [6, 6.07) is 6.44. The van der Waals surface area contributed by atoms with E-state index in [0.717, 1.165) is 25.0 Å². The summed E-state index contributed by atoms with van der Waals surface area (Å²) < 4.78 is 44.8. The molecule has 0 spiro atoms. The fourth-order valence-corrected chi connectivity index (χ4v) is 3.33. The van der Waals surface area contributed by atoms with Gasteiger partial charge in [0.2, 0.25) is 0 Å². The van der Waals surface area contributed by atoms with Crippen molar-refractivity contribution in [2.24, 2.45) is 0 Å². The number of aromatic nitrogens is 2. The fourth-order valence-electron chi connectivity index (χ4n) is 3.33. The third kappa shape index (κ3) is 3.87. The monoisotopic (exact) mass is 391 g/mol. The van der Waals surface area contributed by atoms with E-state index in [0.29, 0.717) is 23.0 Å². The van der Waals surface area contributed by atoms with Crippen molar-refractivity contribution in [2.45, 2.75) is 44.0 Å². The number of rotatable bonds is 3. The Bertz CT molecular complexity index is 883. The minimum atomic E-state index is -4.42. The molecule has 2 unspecified atom stereocenters. The number of amides is 1. The maximum Gasteiger partial charge on any atom is 0.416 e. The smallest absolute Gasteiger partial charge is 0.370 e. The maximum atomic E-state index is 13.0. The van der Waals surface area contributed by atoms with Crippen molar-refractivity contribution in [1.82, 2.24) is 14.9 Å². The third-order valence-corrected chi connectivity index (χ3v) is 5.12. The second kappa shape index (κ2) is 7.16. The number of hydrogen-bond donors (Lipinski definition) is 0. The van der Waals surface area contributed by atoms with Gasteiger partial charge in [0.05, 0.1) is 24.8 Å². The molecule has 4 rings (SSSR count). The van der Waals surface area contributed by atoms with E-state index >= 15 is 0 Å². The zero-order valence-corrected chi connectivity index (χ0v) is 15.3. The lowest BCUT2D eigenvalue weighted by atomic mass is 10.0. The maximum absolute atomic E-state index is 13.0. The Hall–Kier alpha value is -2.48. The lowest BCUT2D eigenvalue weighted by Crippen LogP contribution is -2.48. The van der Waals surface area contributed by atoms with E-state index in [2.05, 4.69) is 9.97 Å². The van der Waals surface area contributed by atoms with Gasteiger partial charge in [-0.1, -0.05) is 12.1 Å². The van der Waals surface area contributed by atoms with E-state index in [9.17, 15) is 18.0 Å². The van der Waals surface area contributed by atoms with Crippen LogP contribution < -0.4 is 0 Å². The zero-order chi connectivity index (χ0) is 19.9. The highest BCUT2D eigenvalue weighted by Gasteiger charge is 2.35. The molecule has 2 heterocycles. The van der Waals surface area contributed by atoms with Gasteiger partial charge in [0.15, 0.2) is 0 Å². The second-order valence-corrected chi connectivity index (χ2v) is 7.33. The number of alkyl halides is 3. The van der Waals surface area contributed by atoms with Crippen LogP contribution in [-0.2, 0) is 10.9 Å². The van der Waals surface area contributed by atoms with E-state index in [1.165, 1.54) is 6.07 Å². The molecule has 1 amide bonds. The van der Waals surface area contributed by atoms with E-state index in [-0.39, 0.29) is 25.1 Å². The Labute approximate surface area is 160 Å². The molecular formula is C20H20F3N3O2. The number of morpholine rings is 1. The molecule has 1 saturated carbocycles. The Balaban J connectivity index is 1.55. The molecule has 0 bridgehead atoms. The molecule has 1 aliphatic carbocycles. The van der Waals surface area contributed by atoms with Crippen molar-refractivity contribution >= 4 is 5.91 Å². The largest absolute Gasteiger partial charge is 0.416 e. The summed E-state index contributed by atoms with van der Waals surface area (Å²) >= 11 is 0. The van der Waals surface area contributed by atoms with Crippen LogP contribution in [0.4, 0.5) is 13.2 Å². The van der Waals surface area contributed by atoms with Gasteiger partial charge < -0.3 is 9.64 Å². The molecule has 2 aliphatic rings. The number of hydrogen-bond acceptors (Lipinski definition) is 4. The summed E-state index contributed by atoms with van der Waals surface area (Å²) in [5, 5.41) is 0. The number of nitrogens with zero attached hydrogens (tertiary/aromatic N) is 3. The molecule has 1 aliphatic heterocycles. The van der Waals surface area contributed by atoms with Crippen LogP contribution in [0.3, 0.4) is 0 Å². The van der Waals surface area contributed by atoms with Crippen molar-refractivity contribution in [3.05, 3.63) is 59.2 Å². The minimum Gasteiger partial charge on any atom is -0.370 e. The van der Waals surface area contributed by atoms with Crippen LogP contribution in [-0.4, -0.2) is 40.0 Å². The van der Waals surface area contributed by atoms with Crippen LogP contribution in [0.5, 0.6) is 0 Å². The Morgan fingerprint density at radius 3 is 2.75 bits per heavy atom. The average Bonchev–Trinajstić information content (AvgIpc) is 3.53. The molecule has 0 radical (unpaired) electrons. The molecule has 2 atom stereocenters. The lowest BCUT2D eigenvalue weighted by Gasteiger charge is -2.38. The van der Waals surface area contributed by atoms with E-state index in [4.69, 9.17) is 4.74 Å². The van der Waals surface area contributed by atoms with Crippen molar-refractivity contribution in [1.29, 1.82) is 0 Å². The predicted octanol–water partition coefficient (Wildman–Crippen LogP) is 3.98. The Kier molecular flexibility index (Phi) is 4.82. The highest BCUT2D eigenvalue weighted by molar-refractivity contribution is 5.92. The Morgan fingerprint density at radius 2 is 2.04 bits per heavy atom. The van der Waals surface area contributed by atoms with E-state index < -0.39 is 17.8 Å². The van der Waals surface area contributed by atoms with Crippen molar-refractivity contribution in [3.63, 3.8) is 0 Å². The molecule has 28 heavy (non-hydrogen) atoms. The van der Waals surface area contributed by atoms with Gasteiger partial charge in [0, 0.05) is 12.1 Å². The lowest BCUT2D eigenvalue weighted by molar-refractivity contribution is -0.137. The van der Waals surface area contributed by atoms with Gasteiger partial charge in [-0.25, -0.2) is 9.97 Å². The molecular weight excluding hydrogens is 371 g/mol. The van der Waals surface area contributed by atoms with Gasteiger partial charge in [-0.3, -0.25) is 4.79 Å². The number of carbonyl (C=O) groups excluding carboxylic acids is 1. The summed E-state index contributed by atoms with van der Waals surface area (Å²) in [7, 11) is 0. The Morgan fingerprint density at radius 1 is 1.25 bits per heavy atom. The summed E-state index contributed by atoms with van der Waals surface area (Å²) in [4.78, 5) is 23.3. The first kappa shape index (κ1) is 18.9. The van der Waals surface area contributed by atoms with E-state index in [1.807, 2.05) is 6.92 Å². The number of benzene rings is 1. The first-order chi connectivity index (χ1) is 13.3. The van der Waals surface area contributed by atoms with Crippen molar-refractivity contribution in [3.8, 4) is 0 Å². The highest BCUT2D eigenvalue weighted by atomic mass is 19.4. The molecule has 5 nitrogen and oxygen atoms in total. The molecule has 8 heteroatoms. The van der Waals surface area contributed by atoms with Crippen molar-refractivity contribution < 1.29 is 22.7 Å². The first-order valence-corrected chi connectivity index (χ1v) is 9.25. The van der Waals surface area contributed by atoms with Gasteiger partial charge in [-0.15, -0.1) is 0 Å². The van der Waals surface area contributed by atoms with Gasteiger partial charge in [-0.2, -0.15) is 13.2 Å². The molecule has 1 saturated heterocycles. The number of carbonyl (C=O) groups is 1.